The molecule has 4 rings (SSSR count). The van der Waals surface area contributed by atoms with E-state index in [1.807, 2.05) is 0 Å². The van der Waals surface area contributed by atoms with Gasteiger partial charge < -0.3 is 0 Å². The molecule has 0 aliphatic heterocycles. The van der Waals surface area contributed by atoms with Crippen molar-refractivity contribution in [3.05, 3.63) is 82.9 Å². The first-order chi connectivity index (χ1) is 11.1. The minimum absolute atomic E-state index is 0.376. The number of benzene rings is 2. The normalized spacial score (nSPS) is 23.5. The molecule has 0 spiro atoms. The van der Waals surface area contributed by atoms with E-state index in [-0.39, 0.29) is 0 Å². The van der Waals surface area contributed by atoms with Gasteiger partial charge in [-0.2, -0.15) is 0 Å². The van der Waals surface area contributed by atoms with Crippen LogP contribution in [0.15, 0.2) is 60.7 Å². The van der Waals surface area contributed by atoms with Crippen LogP contribution in [0.5, 0.6) is 0 Å². The Morgan fingerprint density at radius 1 is 0.870 bits per heavy atom. The molecule has 3 unspecified atom stereocenters. The van der Waals surface area contributed by atoms with Crippen LogP contribution < -0.4 is 0 Å². The van der Waals surface area contributed by atoms with Crippen LogP contribution in [0.2, 0.25) is 3.12 Å². The van der Waals surface area contributed by atoms with Gasteiger partial charge in [-0.25, -0.2) is 0 Å². The molecule has 0 fully saturated rings. The first-order valence-corrected chi connectivity index (χ1v) is 9.67. The third kappa shape index (κ3) is 2.85. The fourth-order valence-corrected chi connectivity index (χ4v) is 4.97. The van der Waals surface area contributed by atoms with Crippen molar-refractivity contribution < 1.29 is 24.7 Å². The van der Waals surface area contributed by atoms with Crippen molar-refractivity contribution in [2.24, 2.45) is 0 Å². The fourth-order valence-electron chi connectivity index (χ4n) is 3.99. The molecular formula is C22H21Zr. The summed E-state index contributed by atoms with van der Waals surface area (Å²) in [6, 6.07) is 17.7. The summed E-state index contributed by atoms with van der Waals surface area (Å²) in [6.45, 7) is 2.47. The third-order valence-electron chi connectivity index (χ3n) is 5.36. The average Bonchev–Trinajstić information content (AvgIpc) is 3.17. The molecule has 0 amide bonds. The molecule has 0 aromatic heterocycles. The Bertz CT molecular complexity index is 782. The van der Waals surface area contributed by atoms with E-state index < -0.39 is 0 Å². The molecule has 0 saturated carbocycles. The quantitative estimate of drug-likeness (QED) is 0.603. The summed E-state index contributed by atoms with van der Waals surface area (Å²) in [4.78, 5) is 0. The number of rotatable bonds is 4. The van der Waals surface area contributed by atoms with Gasteiger partial charge >= 0.3 is 155 Å². The van der Waals surface area contributed by atoms with Crippen LogP contribution >= 0.6 is 0 Å². The summed E-state index contributed by atoms with van der Waals surface area (Å²) in [6.07, 6.45) is 12.0. The Hall–Kier alpha value is -1.20. The Morgan fingerprint density at radius 3 is 2.26 bits per heavy atom. The zero-order valence-corrected chi connectivity index (χ0v) is 16.0. The van der Waals surface area contributed by atoms with Crippen molar-refractivity contribution >= 4 is 12.2 Å². The molecule has 2 aliphatic carbocycles. The van der Waals surface area contributed by atoms with Gasteiger partial charge in [0.15, 0.2) is 0 Å². The van der Waals surface area contributed by atoms with Crippen LogP contribution in [-0.2, 0) is 24.7 Å². The second kappa shape index (κ2) is 6.02. The molecule has 0 saturated heterocycles. The zero-order valence-electron chi connectivity index (χ0n) is 13.5. The number of hydrogen-bond donors (Lipinski definition) is 0. The minimum atomic E-state index is 0.376. The molecule has 1 heteroatoms. The predicted octanol–water partition coefficient (Wildman–Crippen LogP) is 6.11. The van der Waals surface area contributed by atoms with E-state index in [9.17, 15) is 0 Å². The van der Waals surface area contributed by atoms with Gasteiger partial charge in [-0.05, 0) is 0 Å². The van der Waals surface area contributed by atoms with Crippen molar-refractivity contribution in [2.75, 3.05) is 0 Å². The molecule has 3 atom stereocenters. The van der Waals surface area contributed by atoms with Crippen LogP contribution in [0.1, 0.15) is 53.9 Å². The number of fused-ring (bicyclic) bond motifs is 2. The van der Waals surface area contributed by atoms with E-state index in [1.165, 1.54) is 35.1 Å². The first-order valence-electron chi connectivity index (χ1n) is 8.44. The number of allylic oxidation sites excluding steroid dienone is 2. The number of hydrogen-bond acceptors (Lipinski definition) is 0. The van der Waals surface area contributed by atoms with Gasteiger partial charge in [-0.1, -0.05) is 0 Å². The molecule has 2 aliphatic rings. The van der Waals surface area contributed by atoms with Gasteiger partial charge in [0.05, 0.1) is 0 Å². The maximum atomic E-state index is 2.47. The molecule has 23 heavy (non-hydrogen) atoms. The second-order valence-corrected chi connectivity index (χ2v) is 9.82. The van der Waals surface area contributed by atoms with Gasteiger partial charge in [-0.15, -0.1) is 0 Å². The molecular weight excluding hydrogens is 355 g/mol. The summed E-state index contributed by atoms with van der Waals surface area (Å²) < 4.78 is 0.376. The van der Waals surface area contributed by atoms with E-state index in [2.05, 4.69) is 79.8 Å². The molecule has 0 radical (unpaired) electrons. The second-order valence-electron chi connectivity index (χ2n) is 7.02. The predicted molar refractivity (Wildman–Crippen MR) is 94.0 cm³/mol. The summed E-state index contributed by atoms with van der Waals surface area (Å²) in [5.74, 6) is 1.18. The molecule has 2 aromatic carbocycles. The summed E-state index contributed by atoms with van der Waals surface area (Å²) in [5.41, 5.74) is 5.86. The Labute approximate surface area is 154 Å². The topological polar surface area (TPSA) is 0 Å². The van der Waals surface area contributed by atoms with Crippen LogP contribution in [0.25, 0.3) is 12.2 Å². The average molecular weight is 377 g/mol. The van der Waals surface area contributed by atoms with Gasteiger partial charge in [0.1, 0.15) is 0 Å². The van der Waals surface area contributed by atoms with E-state index in [0.717, 1.165) is 0 Å². The maximum absolute atomic E-state index is 2.47. The van der Waals surface area contributed by atoms with Gasteiger partial charge in [-0.3, -0.25) is 0 Å². The van der Waals surface area contributed by atoms with E-state index >= 15 is 0 Å². The molecule has 113 valence electrons. The monoisotopic (exact) mass is 375 g/mol. The van der Waals surface area contributed by atoms with Crippen LogP contribution in [0.3, 0.4) is 0 Å². The van der Waals surface area contributed by atoms with E-state index in [0.29, 0.717) is 15.0 Å². The van der Waals surface area contributed by atoms with Crippen LogP contribution in [0.4, 0.5) is 0 Å². The Balaban J connectivity index is 1.49. The van der Waals surface area contributed by atoms with E-state index in [4.69, 9.17) is 0 Å². The summed E-state index contributed by atoms with van der Waals surface area (Å²) >= 11 is 1.65. The SMILES string of the molecule is C[C]([Zr])(CCC1C=Cc2ccccc21)C1C=Cc2ccccc21. The summed E-state index contributed by atoms with van der Waals surface area (Å²) in [5, 5.41) is 0. The van der Waals surface area contributed by atoms with Gasteiger partial charge in [0, 0.05) is 0 Å². The van der Waals surface area contributed by atoms with Crippen LogP contribution in [0, 0.1) is 0 Å². The Morgan fingerprint density at radius 2 is 1.48 bits per heavy atom. The Kier molecular flexibility index (Phi) is 4.02. The third-order valence-corrected chi connectivity index (χ3v) is 6.74. The van der Waals surface area contributed by atoms with Crippen molar-refractivity contribution in [2.45, 2.75) is 34.7 Å². The van der Waals surface area contributed by atoms with Crippen molar-refractivity contribution in [3.63, 3.8) is 0 Å². The zero-order chi connectivity index (χ0) is 15.9. The van der Waals surface area contributed by atoms with Crippen molar-refractivity contribution in [3.8, 4) is 0 Å². The van der Waals surface area contributed by atoms with Crippen molar-refractivity contribution in [1.82, 2.24) is 0 Å². The molecule has 0 N–H and O–H groups in total. The first kappa shape index (κ1) is 15.3. The standard InChI is InChI=1S/C22H21.Zr/c1-16(20-15-14-18-7-3-5-9-22(18)20)10-11-19-13-12-17-6-2-4-8-21(17)19;/h2-9,12-15,19-20H,10-11H2,1H3;. The van der Waals surface area contributed by atoms with Crippen molar-refractivity contribution in [1.29, 1.82) is 0 Å². The summed E-state index contributed by atoms with van der Waals surface area (Å²) in [7, 11) is 0. The molecule has 2 aromatic rings. The van der Waals surface area contributed by atoms with Gasteiger partial charge in [0.2, 0.25) is 0 Å². The molecule has 0 bridgehead atoms. The molecule has 0 heterocycles. The van der Waals surface area contributed by atoms with E-state index in [1.54, 1.807) is 24.7 Å². The van der Waals surface area contributed by atoms with Crippen LogP contribution in [-0.4, -0.2) is 0 Å². The molecule has 0 nitrogen and oxygen atoms in total. The fraction of sp³-hybridized carbons (Fsp3) is 0.273. The van der Waals surface area contributed by atoms with Gasteiger partial charge in [0.25, 0.3) is 0 Å².